The first-order valence-corrected chi connectivity index (χ1v) is 11.1. The number of benzene rings is 1. The molecule has 4 heteroatoms. The van der Waals surface area contributed by atoms with Gasteiger partial charge in [-0.2, -0.15) is 0 Å². The van der Waals surface area contributed by atoms with Gasteiger partial charge < -0.3 is 9.47 Å². The molecule has 0 aliphatic rings. The van der Waals surface area contributed by atoms with Gasteiger partial charge in [-0.3, -0.25) is 4.98 Å². The molecule has 3 nitrogen and oxygen atoms in total. The van der Waals surface area contributed by atoms with E-state index in [9.17, 15) is 4.39 Å². The maximum atomic E-state index is 14.4. The van der Waals surface area contributed by atoms with Crippen molar-refractivity contribution in [2.75, 3.05) is 13.2 Å². The van der Waals surface area contributed by atoms with Gasteiger partial charge in [-0.25, -0.2) is 4.39 Å². The summed E-state index contributed by atoms with van der Waals surface area (Å²) in [5.74, 6) is -0.129. The van der Waals surface area contributed by atoms with Crippen molar-refractivity contribution in [3.63, 3.8) is 0 Å². The SMILES string of the molecule is CCCCCCCCCc1ccc(-c2ccc(OCC(C)OCC)c(F)c2)nc1. The molecule has 29 heavy (non-hydrogen) atoms. The Bertz CT molecular complexity index is 702. The third-order valence-electron chi connectivity index (χ3n) is 5.05. The van der Waals surface area contributed by atoms with E-state index in [-0.39, 0.29) is 17.7 Å². The standard InChI is InChI=1S/C25H36FNO2/c1-4-6-7-8-9-10-11-12-21-13-15-24(27-18-21)22-14-16-25(23(26)17-22)29-19-20(3)28-5-2/h13-18,20H,4-12,19H2,1-3H3. The first-order chi connectivity index (χ1) is 14.1. The van der Waals surface area contributed by atoms with E-state index in [2.05, 4.69) is 18.0 Å². The predicted molar refractivity (Wildman–Crippen MR) is 118 cm³/mol. The van der Waals surface area contributed by atoms with Crippen molar-refractivity contribution in [2.45, 2.75) is 78.2 Å². The molecule has 160 valence electrons. The van der Waals surface area contributed by atoms with Crippen LogP contribution in [0.2, 0.25) is 0 Å². The normalized spacial score (nSPS) is 12.1. The molecule has 0 saturated heterocycles. The van der Waals surface area contributed by atoms with Crippen LogP contribution in [0.4, 0.5) is 4.39 Å². The average Bonchev–Trinajstić information content (AvgIpc) is 2.73. The van der Waals surface area contributed by atoms with Crippen LogP contribution < -0.4 is 4.74 Å². The molecule has 0 N–H and O–H groups in total. The van der Waals surface area contributed by atoms with Gasteiger partial charge in [-0.05, 0) is 56.5 Å². The Morgan fingerprint density at radius 3 is 2.38 bits per heavy atom. The van der Waals surface area contributed by atoms with E-state index in [1.165, 1.54) is 56.6 Å². The lowest BCUT2D eigenvalue weighted by Gasteiger charge is -2.14. The second-order valence-electron chi connectivity index (χ2n) is 7.65. The van der Waals surface area contributed by atoms with Gasteiger partial charge in [-0.15, -0.1) is 0 Å². The fourth-order valence-electron chi connectivity index (χ4n) is 3.35. The van der Waals surface area contributed by atoms with Gasteiger partial charge >= 0.3 is 0 Å². The number of pyridine rings is 1. The number of rotatable bonds is 14. The maximum Gasteiger partial charge on any atom is 0.165 e. The lowest BCUT2D eigenvalue weighted by molar-refractivity contribution is 0.0392. The zero-order chi connectivity index (χ0) is 20.9. The van der Waals surface area contributed by atoms with Gasteiger partial charge in [0.25, 0.3) is 0 Å². The van der Waals surface area contributed by atoms with Crippen LogP contribution in [-0.4, -0.2) is 24.3 Å². The highest BCUT2D eigenvalue weighted by Crippen LogP contribution is 2.25. The van der Waals surface area contributed by atoms with Crippen molar-refractivity contribution in [3.8, 4) is 17.0 Å². The van der Waals surface area contributed by atoms with Crippen LogP contribution >= 0.6 is 0 Å². The van der Waals surface area contributed by atoms with E-state index < -0.39 is 0 Å². The smallest absolute Gasteiger partial charge is 0.165 e. The lowest BCUT2D eigenvalue weighted by Crippen LogP contribution is -2.18. The van der Waals surface area contributed by atoms with Crippen LogP contribution in [0.25, 0.3) is 11.3 Å². The first kappa shape index (κ1) is 23.3. The van der Waals surface area contributed by atoms with Crippen LogP contribution in [0, 0.1) is 5.82 Å². The number of aryl methyl sites for hydroxylation is 1. The number of unbranched alkanes of at least 4 members (excludes halogenated alkanes) is 6. The molecule has 0 aliphatic heterocycles. The molecular formula is C25H36FNO2. The number of hydrogen-bond acceptors (Lipinski definition) is 3. The number of ether oxygens (including phenoxy) is 2. The van der Waals surface area contributed by atoms with Crippen LogP contribution in [0.15, 0.2) is 36.5 Å². The van der Waals surface area contributed by atoms with Gasteiger partial charge in [0, 0.05) is 18.4 Å². The summed E-state index contributed by atoms with van der Waals surface area (Å²) in [6, 6.07) is 9.08. The molecule has 1 atom stereocenters. The minimum absolute atomic E-state index is 0.0652. The van der Waals surface area contributed by atoms with Crippen molar-refractivity contribution in [1.29, 1.82) is 0 Å². The van der Waals surface area contributed by atoms with E-state index in [0.717, 1.165) is 17.7 Å². The molecule has 0 bridgehead atoms. The van der Waals surface area contributed by atoms with Crippen molar-refractivity contribution in [3.05, 3.63) is 47.9 Å². The average molecular weight is 402 g/mol. The fraction of sp³-hybridized carbons (Fsp3) is 0.560. The molecule has 1 unspecified atom stereocenters. The fourth-order valence-corrected chi connectivity index (χ4v) is 3.35. The monoisotopic (exact) mass is 401 g/mol. The molecular weight excluding hydrogens is 365 g/mol. The lowest BCUT2D eigenvalue weighted by atomic mass is 10.0. The predicted octanol–water partition coefficient (Wildman–Crippen LogP) is 6.98. The summed E-state index contributed by atoms with van der Waals surface area (Å²) in [7, 11) is 0. The Labute approximate surface area is 175 Å². The van der Waals surface area contributed by atoms with Crippen LogP contribution in [-0.2, 0) is 11.2 Å². The van der Waals surface area contributed by atoms with Gasteiger partial charge in [0.15, 0.2) is 11.6 Å². The number of nitrogens with zero attached hydrogens (tertiary/aromatic N) is 1. The molecule has 2 aromatic rings. The van der Waals surface area contributed by atoms with Crippen molar-refractivity contribution in [1.82, 2.24) is 4.98 Å². The van der Waals surface area contributed by atoms with Crippen LogP contribution in [0.5, 0.6) is 5.75 Å². The van der Waals surface area contributed by atoms with Gasteiger partial charge in [0.2, 0.25) is 0 Å². The molecule has 1 heterocycles. The second kappa shape index (κ2) is 13.3. The van der Waals surface area contributed by atoms with E-state index in [1.54, 1.807) is 6.07 Å². The Morgan fingerprint density at radius 1 is 0.966 bits per heavy atom. The number of hydrogen-bond donors (Lipinski definition) is 0. The molecule has 0 amide bonds. The molecule has 1 aromatic carbocycles. The zero-order valence-corrected chi connectivity index (χ0v) is 18.3. The van der Waals surface area contributed by atoms with Gasteiger partial charge in [0.1, 0.15) is 6.61 Å². The van der Waals surface area contributed by atoms with Crippen molar-refractivity contribution >= 4 is 0 Å². The van der Waals surface area contributed by atoms with E-state index in [0.29, 0.717) is 13.2 Å². The summed E-state index contributed by atoms with van der Waals surface area (Å²) in [4.78, 5) is 4.53. The molecule has 2 rings (SSSR count). The third-order valence-corrected chi connectivity index (χ3v) is 5.05. The Morgan fingerprint density at radius 2 is 1.72 bits per heavy atom. The maximum absolute atomic E-state index is 14.4. The van der Waals surface area contributed by atoms with Gasteiger partial charge in [0.05, 0.1) is 11.8 Å². The molecule has 0 saturated carbocycles. The van der Waals surface area contributed by atoms with Crippen LogP contribution in [0.3, 0.4) is 0 Å². The third kappa shape index (κ3) is 8.53. The zero-order valence-electron chi connectivity index (χ0n) is 18.3. The summed E-state index contributed by atoms with van der Waals surface area (Å²) in [5.41, 5.74) is 2.78. The Hall–Kier alpha value is -1.94. The summed E-state index contributed by atoms with van der Waals surface area (Å²) in [6.07, 6.45) is 12.1. The quantitative estimate of drug-likeness (QED) is 0.320. The summed E-state index contributed by atoms with van der Waals surface area (Å²) in [6.45, 7) is 7.03. The summed E-state index contributed by atoms with van der Waals surface area (Å²) >= 11 is 0. The number of aromatic nitrogens is 1. The Kier molecular flexibility index (Phi) is 10.7. The highest BCUT2D eigenvalue weighted by Gasteiger charge is 2.09. The summed E-state index contributed by atoms with van der Waals surface area (Å²) in [5, 5.41) is 0. The van der Waals surface area contributed by atoms with E-state index in [1.807, 2.05) is 32.2 Å². The second-order valence-corrected chi connectivity index (χ2v) is 7.65. The van der Waals surface area contributed by atoms with Crippen molar-refractivity contribution < 1.29 is 13.9 Å². The van der Waals surface area contributed by atoms with Crippen LogP contribution in [0.1, 0.15) is 71.3 Å². The molecule has 0 aliphatic carbocycles. The van der Waals surface area contributed by atoms with Crippen molar-refractivity contribution in [2.24, 2.45) is 0 Å². The minimum Gasteiger partial charge on any atom is -0.488 e. The van der Waals surface area contributed by atoms with E-state index in [4.69, 9.17) is 9.47 Å². The number of halogens is 1. The highest BCUT2D eigenvalue weighted by atomic mass is 19.1. The molecule has 0 radical (unpaired) electrons. The summed E-state index contributed by atoms with van der Waals surface area (Å²) < 4.78 is 25.3. The molecule has 0 fully saturated rings. The molecule has 1 aromatic heterocycles. The Balaban J connectivity index is 1.82. The van der Waals surface area contributed by atoms with E-state index >= 15 is 0 Å². The van der Waals surface area contributed by atoms with Gasteiger partial charge in [-0.1, -0.05) is 51.5 Å². The largest absolute Gasteiger partial charge is 0.488 e. The topological polar surface area (TPSA) is 31.4 Å². The molecule has 0 spiro atoms. The first-order valence-electron chi connectivity index (χ1n) is 11.1. The minimum atomic E-state index is -0.375. The highest BCUT2D eigenvalue weighted by molar-refractivity contribution is 5.60.